The fourth-order valence-corrected chi connectivity index (χ4v) is 2.27. The highest BCUT2D eigenvalue weighted by Crippen LogP contribution is 2.31. The third-order valence-corrected chi connectivity index (χ3v) is 3.45. The lowest BCUT2D eigenvalue weighted by atomic mass is 10.1. The lowest BCUT2D eigenvalue weighted by Gasteiger charge is -2.07. The third kappa shape index (κ3) is 3.01. The van der Waals surface area contributed by atoms with Gasteiger partial charge >= 0.3 is 12.1 Å². The van der Waals surface area contributed by atoms with E-state index in [1.807, 2.05) is 6.07 Å². The number of aromatic nitrogens is 2. The Labute approximate surface area is 134 Å². The number of alkyl halides is 3. The Kier molecular flexibility index (Phi) is 3.84. The van der Waals surface area contributed by atoms with E-state index in [0.29, 0.717) is 11.3 Å². The monoisotopic (exact) mass is 332 g/mol. The fourth-order valence-electron chi connectivity index (χ4n) is 2.27. The minimum Gasteiger partial charge on any atom is -0.478 e. The zero-order valence-electron chi connectivity index (χ0n) is 12.2. The van der Waals surface area contributed by atoms with Crippen molar-refractivity contribution in [2.24, 2.45) is 0 Å². The highest BCUT2D eigenvalue weighted by Gasteiger charge is 2.30. The van der Waals surface area contributed by atoms with E-state index in [1.165, 1.54) is 23.0 Å². The largest absolute Gasteiger partial charge is 0.478 e. The Morgan fingerprint density at radius 2 is 1.62 bits per heavy atom. The SMILES string of the molecule is O=C(O)c1cn(-c2ccccc2)nc1-c1ccc(C(F)(F)F)cc1. The molecule has 2 aromatic carbocycles. The average Bonchev–Trinajstić information content (AvgIpc) is 3.00. The van der Waals surface area contributed by atoms with Crippen molar-refractivity contribution in [3.8, 4) is 16.9 Å². The molecule has 0 spiro atoms. The number of benzene rings is 2. The van der Waals surface area contributed by atoms with E-state index in [9.17, 15) is 23.1 Å². The summed E-state index contributed by atoms with van der Waals surface area (Å²) >= 11 is 0. The van der Waals surface area contributed by atoms with E-state index in [-0.39, 0.29) is 11.3 Å². The van der Waals surface area contributed by atoms with Gasteiger partial charge in [-0.1, -0.05) is 30.3 Å². The van der Waals surface area contributed by atoms with Crippen molar-refractivity contribution >= 4 is 5.97 Å². The second kappa shape index (κ2) is 5.84. The van der Waals surface area contributed by atoms with Gasteiger partial charge < -0.3 is 5.11 Å². The fraction of sp³-hybridized carbons (Fsp3) is 0.0588. The van der Waals surface area contributed by atoms with Gasteiger partial charge in [0.15, 0.2) is 0 Å². The van der Waals surface area contributed by atoms with Crippen LogP contribution < -0.4 is 0 Å². The van der Waals surface area contributed by atoms with Crippen LogP contribution in [0.4, 0.5) is 13.2 Å². The number of aromatic carboxylic acids is 1. The van der Waals surface area contributed by atoms with E-state index < -0.39 is 17.7 Å². The summed E-state index contributed by atoms with van der Waals surface area (Å²) < 4.78 is 39.3. The lowest BCUT2D eigenvalue weighted by Crippen LogP contribution is -2.04. The smallest absolute Gasteiger partial charge is 0.416 e. The average molecular weight is 332 g/mol. The molecule has 24 heavy (non-hydrogen) atoms. The molecule has 1 aromatic heterocycles. The third-order valence-electron chi connectivity index (χ3n) is 3.45. The van der Waals surface area contributed by atoms with Crippen LogP contribution in [0.3, 0.4) is 0 Å². The standard InChI is InChI=1S/C17H11F3N2O2/c18-17(19,20)12-8-6-11(7-9-12)15-14(16(23)24)10-22(21-15)13-4-2-1-3-5-13/h1-10H,(H,23,24). The predicted octanol–water partition coefficient (Wildman–Crippen LogP) is 4.26. The Bertz CT molecular complexity index is 869. The van der Waals surface area contributed by atoms with Crippen molar-refractivity contribution in [3.05, 3.63) is 71.9 Å². The summed E-state index contributed by atoms with van der Waals surface area (Å²) in [6, 6.07) is 13.1. The molecule has 3 rings (SSSR count). The zero-order valence-corrected chi connectivity index (χ0v) is 12.2. The van der Waals surface area contributed by atoms with E-state index in [1.54, 1.807) is 24.3 Å². The number of hydrogen-bond acceptors (Lipinski definition) is 2. The van der Waals surface area contributed by atoms with E-state index in [0.717, 1.165) is 12.1 Å². The molecule has 1 N–H and O–H groups in total. The molecule has 0 aliphatic carbocycles. The topological polar surface area (TPSA) is 55.1 Å². The molecule has 0 aliphatic rings. The number of carboxylic acid groups (broad SMARTS) is 1. The van der Waals surface area contributed by atoms with E-state index >= 15 is 0 Å². The number of nitrogens with zero attached hydrogens (tertiary/aromatic N) is 2. The van der Waals surface area contributed by atoms with Crippen molar-refractivity contribution in [2.75, 3.05) is 0 Å². The van der Waals surface area contributed by atoms with Gasteiger partial charge in [0, 0.05) is 11.8 Å². The van der Waals surface area contributed by atoms with Crippen LogP contribution in [-0.4, -0.2) is 20.9 Å². The number of rotatable bonds is 3. The van der Waals surface area contributed by atoms with Gasteiger partial charge in [0.2, 0.25) is 0 Å². The number of carbonyl (C=O) groups is 1. The first-order valence-electron chi connectivity index (χ1n) is 6.92. The summed E-state index contributed by atoms with van der Waals surface area (Å²) in [6.07, 6.45) is -3.11. The maximum atomic E-state index is 12.6. The minimum atomic E-state index is -4.45. The molecule has 0 saturated carbocycles. The van der Waals surface area contributed by atoms with Gasteiger partial charge in [0.1, 0.15) is 11.3 Å². The second-order valence-corrected chi connectivity index (χ2v) is 5.05. The van der Waals surface area contributed by atoms with Gasteiger partial charge in [0.05, 0.1) is 11.3 Å². The molecule has 7 heteroatoms. The normalized spacial score (nSPS) is 11.5. The number of para-hydroxylation sites is 1. The van der Waals surface area contributed by atoms with Crippen molar-refractivity contribution in [1.29, 1.82) is 0 Å². The highest BCUT2D eigenvalue weighted by atomic mass is 19.4. The molecule has 0 fully saturated rings. The van der Waals surface area contributed by atoms with Gasteiger partial charge in [-0.15, -0.1) is 0 Å². The van der Waals surface area contributed by atoms with Crippen molar-refractivity contribution < 1.29 is 23.1 Å². The lowest BCUT2D eigenvalue weighted by molar-refractivity contribution is -0.137. The molecule has 4 nitrogen and oxygen atoms in total. The summed E-state index contributed by atoms with van der Waals surface area (Å²) in [4.78, 5) is 11.4. The number of halogens is 3. The molecular formula is C17H11F3N2O2. The van der Waals surface area contributed by atoms with Crippen LogP contribution in [0, 0.1) is 0 Å². The first kappa shape index (κ1) is 15.8. The molecule has 122 valence electrons. The maximum absolute atomic E-state index is 12.6. The van der Waals surface area contributed by atoms with Crippen LogP contribution in [0.5, 0.6) is 0 Å². The summed E-state index contributed by atoms with van der Waals surface area (Å²) in [5.74, 6) is -1.20. The van der Waals surface area contributed by atoms with Crippen LogP contribution in [0.2, 0.25) is 0 Å². The quantitative estimate of drug-likeness (QED) is 0.780. The summed E-state index contributed by atoms with van der Waals surface area (Å²) in [5.41, 5.74) is 0.178. The van der Waals surface area contributed by atoms with Crippen LogP contribution in [0.15, 0.2) is 60.8 Å². The molecule has 0 radical (unpaired) electrons. The van der Waals surface area contributed by atoms with Crippen LogP contribution in [0.25, 0.3) is 16.9 Å². The zero-order chi connectivity index (χ0) is 17.3. The Morgan fingerprint density at radius 3 is 2.17 bits per heavy atom. The van der Waals surface area contributed by atoms with Gasteiger partial charge in [-0.05, 0) is 24.3 Å². The van der Waals surface area contributed by atoms with Crippen LogP contribution in [0.1, 0.15) is 15.9 Å². The van der Waals surface area contributed by atoms with Crippen LogP contribution in [-0.2, 0) is 6.18 Å². The summed E-state index contributed by atoms with van der Waals surface area (Å²) in [5, 5.41) is 13.6. The molecule has 0 bridgehead atoms. The maximum Gasteiger partial charge on any atom is 0.416 e. The van der Waals surface area contributed by atoms with Crippen molar-refractivity contribution in [1.82, 2.24) is 9.78 Å². The van der Waals surface area contributed by atoms with Gasteiger partial charge in [0.25, 0.3) is 0 Å². The van der Waals surface area contributed by atoms with Crippen LogP contribution >= 0.6 is 0 Å². The first-order valence-corrected chi connectivity index (χ1v) is 6.92. The van der Waals surface area contributed by atoms with Gasteiger partial charge in [-0.2, -0.15) is 18.3 Å². The van der Waals surface area contributed by atoms with Gasteiger partial charge in [-0.3, -0.25) is 0 Å². The molecular weight excluding hydrogens is 321 g/mol. The second-order valence-electron chi connectivity index (χ2n) is 5.05. The molecule has 0 amide bonds. The van der Waals surface area contributed by atoms with Gasteiger partial charge in [-0.25, -0.2) is 9.48 Å². The summed E-state index contributed by atoms with van der Waals surface area (Å²) in [6.45, 7) is 0. The minimum absolute atomic E-state index is 0.0846. The molecule has 0 aliphatic heterocycles. The van der Waals surface area contributed by atoms with E-state index in [2.05, 4.69) is 5.10 Å². The molecule has 0 saturated heterocycles. The number of hydrogen-bond donors (Lipinski definition) is 1. The van der Waals surface area contributed by atoms with E-state index in [4.69, 9.17) is 0 Å². The first-order chi connectivity index (χ1) is 11.4. The molecule has 0 atom stereocenters. The van der Waals surface area contributed by atoms with Crippen molar-refractivity contribution in [3.63, 3.8) is 0 Å². The summed E-state index contributed by atoms with van der Waals surface area (Å²) in [7, 11) is 0. The number of carboxylic acids is 1. The predicted molar refractivity (Wildman–Crippen MR) is 81.0 cm³/mol. The molecule has 1 heterocycles. The Balaban J connectivity index is 2.07. The Morgan fingerprint density at radius 1 is 1.00 bits per heavy atom. The highest BCUT2D eigenvalue weighted by molar-refractivity contribution is 5.94. The molecule has 0 unspecified atom stereocenters. The van der Waals surface area contributed by atoms with Crippen molar-refractivity contribution in [2.45, 2.75) is 6.18 Å². The Hall–Kier alpha value is -3.09. The molecule has 3 aromatic rings.